The normalized spacial score (nSPS) is 26.2. The van der Waals surface area contributed by atoms with Crippen molar-refractivity contribution in [2.24, 2.45) is 5.41 Å². The van der Waals surface area contributed by atoms with Crippen molar-refractivity contribution in [2.75, 3.05) is 5.32 Å². The maximum absolute atomic E-state index is 4.70. The van der Waals surface area contributed by atoms with Gasteiger partial charge >= 0.3 is 0 Å². The van der Waals surface area contributed by atoms with Crippen LogP contribution in [0, 0.1) is 5.41 Å². The molecule has 2 aliphatic rings. The molecule has 0 radical (unpaired) electrons. The fraction of sp³-hybridized carbons (Fsp3) is 0.733. The van der Waals surface area contributed by atoms with Gasteiger partial charge in [0.15, 0.2) is 0 Å². The molecule has 2 aliphatic carbocycles. The summed E-state index contributed by atoms with van der Waals surface area (Å²) >= 11 is 3.51. The topological polar surface area (TPSA) is 37.8 Å². The molecule has 0 saturated heterocycles. The maximum Gasteiger partial charge on any atom is 0.135 e. The molecule has 0 spiro atoms. The van der Waals surface area contributed by atoms with Crippen LogP contribution in [0.5, 0.6) is 0 Å². The Morgan fingerprint density at radius 1 is 1.21 bits per heavy atom. The zero-order chi connectivity index (χ0) is 13.5. The molecule has 1 aromatic rings. The molecular formula is C15H22BrN3. The van der Waals surface area contributed by atoms with Crippen molar-refractivity contribution in [3.05, 3.63) is 16.5 Å². The molecular weight excluding hydrogens is 302 g/mol. The number of halogens is 1. The fourth-order valence-corrected chi connectivity index (χ4v) is 3.37. The summed E-state index contributed by atoms with van der Waals surface area (Å²) in [6, 6.07) is 2.53. The second kappa shape index (κ2) is 5.04. The van der Waals surface area contributed by atoms with E-state index >= 15 is 0 Å². The number of hydrogen-bond donors (Lipinski definition) is 1. The summed E-state index contributed by atoms with van der Waals surface area (Å²) in [5.41, 5.74) is 0.357. The lowest BCUT2D eigenvalue weighted by molar-refractivity contribution is 0.216. The predicted molar refractivity (Wildman–Crippen MR) is 81.4 cm³/mol. The monoisotopic (exact) mass is 323 g/mol. The molecule has 3 nitrogen and oxygen atoms in total. The highest BCUT2D eigenvalue weighted by Crippen LogP contribution is 2.40. The quantitative estimate of drug-likeness (QED) is 0.832. The van der Waals surface area contributed by atoms with Gasteiger partial charge in [0.2, 0.25) is 0 Å². The number of rotatable bonds is 3. The number of anilines is 1. The number of aromatic nitrogens is 2. The van der Waals surface area contributed by atoms with Gasteiger partial charge in [0.25, 0.3) is 0 Å². The average Bonchev–Trinajstić information content (AvgIpc) is 3.15. The first kappa shape index (κ1) is 13.3. The van der Waals surface area contributed by atoms with Crippen LogP contribution in [-0.4, -0.2) is 16.0 Å². The molecule has 0 amide bonds. The van der Waals surface area contributed by atoms with E-state index in [1.165, 1.54) is 38.5 Å². The molecule has 1 unspecified atom stereocenters. The lowest BCUT2D eigenvalue weighted by atomic mass is 9.73. The van der Waals surface area contributed by atoms with E-state index in [2.05, 4.69) is 40.1 Å². The molecule has 1 heterocycles. The van der Waals surface area contributed by atoms with Crippen molar-refractivity contribution in [1.82, 2.24) is 9.97 Å². The summed E-state index contributed by atoms with van der Waals surface area (Å²) in [7, 11) is 0. The highest BCUT2D eigenvalue weighted by atomic mass is 79.9. The lowest BCUT2D eigenvalue weighted by Crippen LogP contribution is -2.39. The Hall–Kier alpha value is -0.640. The second-order valence-electron chi connectivity index (χ2n) is 6.64. The predicted octanol–water partition coefficient (Wildman–Crippen LogP) is 4.50. The van der Waals surface area contributed by atoms with Gasteiger partial charge in [0, 0.05) is 18.0 Å². The van der Waals surface area contributed by atoms with Crippen LogP contribution in [0.1, 0.15) is 64.1 Å². The number of nitrogens with zero attached hydrogens (tertiary/aromatic N) is 2. The number of hydrogen-bond acceptors (Lipinski definition) is 3. The first-order chi connectivity index (χ1) is 9.04. The van der Waals surface area contributed by atoms with E-state index in [1.807, 2.05) is 6.07 Å². The minimum absolute atomic E-state index is 0.357. The van der Waals surface area contributed by atoms with E-state index in [0.29, 0.717) is 17.4 Å². The molecule has 1 aromatic heterocycles. The lowest BCUT2D eigenvalue weighted by Gasteiger charge is -2.39. The Morgan fingerprint density at radius 3 is 2.68 bits per heavy atom. The van der Waals surface area contributed by atoms with Gasteiger partial charge in [-0.25, -0.2) is 9.97 Å². The highest BCUT2D eigenvalue weighted by molar-refractivity contribution is 9.10. The Labute approximate surface area is 123 Å². The molecule has 0 aliphatic heterocycles. The maximum atomic E-state index is 4.70. The van der Waals surface area contributed by atoms with Crippen molar-refractivity contribution in [3.8, 4) is 0 Å². The SMILES string of the molecule is CC1(C)CCCCC1Nc1cc(Br)nc(C2CC2)n1. The smallest absolute Gasteiger partial charge is 0.135 e. The fourth-order valence-electron chi connectivity index (χ4n) is 2.97. The van der Waals surface area contributed by atoms with Crippen LogP contribution in [0.4, 0.5) is 5.82 Å². The Kier molecular flexibility index (Phi) is 3.54. The largest absolute Gasteiger partial charge is 0.367 e. The van der Waals surface area contributed by atoms with Crippen LogP contribution in [0.3, 0.4) is 0 Å². The van der Waals surface area contributed by atoms with Crippen molar-refractivity contribution >= 4 is 21.7 Å². The average molecular weight is 324 g/mol. The summed E-state index contributed by atoms with van der Waals surface area (Å²) in [6.07, 6.45) is 7.70. The molecule has 0 bridgehead atoms. The van der Waals surface area contributed by atoms with E-state index < -0.39 is 0 Å². The molecule has 1 N–H and O–H groups in total. The van der Waals surface area contributed by atoms with Crippen LogP contribution >= 0.6 is 15.9 Å². The van der Waals surface area contributed by atoms with Gasteiger partial charge in [-0.2, -0.15) is 0 Å². The minimum atomic E-state index is 0.357. The van der Waals surface area contributed by atoms with Gasteiger partial charge in [0.05, 0.1) is 0 Å². The summed E-state index contributed by atoms with van der Waals surface area (Å²) in [5, 5.41) is 3.65. The van der Waals surface area contributed by atoms with Crippen molar-refractivity contribution in [1.29, 1.82) is 0 Å². The third-order valence-corrected chi connectivity index (χ3v) is 4.89. The van der Waals surface area contributed by atoms with Gasteiger partial charge < -0.3 is 5.32 Å². The van der Waals surface area contributed by atoms with Crippen LogP contribution in [-0.2, 0) is 0 Å². The molecule has 0 aromatic carbocycles. The zero-order valence-corrected chi connectivity index (χ0v) is 13.3. The van der Waals surface area contributed by atoms with Gasteiger partial charge in [-0.3, -0.25) is 0 Å². The summed E-state index contributed by atoms with van der Waals surface area (Å²) in [6.45, 7) is 4.73. The van der Waals surface area contributed by atoms with Crippen LogP contribution in [0.25, 0.3) is 0 Å². The van der Waals surface area contributed by atoms with Gasteiger partial charge in [-0.05, 0) is 47.0 Å². The molecule has 19 heavy (non-hydrogen) atoms. The second-order valence-corrected chi connectivity index (χ2v) is 7.45. The van der Waals surface area contributed by atoms with Crippen molar-refractivity contribution < 1.29 is 0 Å². The van der Waals surface area contributed by atoms with Crippen LogP contribution in [0.15, 0.2) is 10.7 Å². The van der Waals surface area contributed by atoms with Gasteiger partial charge in [0.1, 0.15) is 16.2 Å². The van der Waals surface area contributed by atoms with E-state index in [-0.39, 0.29) is 0 Å². The molecule has 104 valence electrons. The van der Waals surface area contributed by atoms with E-state index in [4.69, 9.17) is 4.98 Å². The standard InChI is InChI=1S/C15H22BrN3/c1-15(2)8-4-3-5-11(15)17-13-9-12(16)18-14(19-13)10-6-7-10/h9-11H,3-8H2,1-2H3,(H,17,18,19). The Morgan fingerprint density at radius 2 is 2.00 bits per heavy atom. The van der Waals surface area contributed by atoms with Crippen molar-refractivity contribution in [3.63, 3.8) is 0 Å². The van der Waals surface area contributed by atoms with Crippen molar-refractivity contribution in [2.45, 2.75) is 64.3 Å². The molecule has 3 rings (SSSR count). The van der Waals surface area contributed by atoms with E-state index in [9.17, 15) is 0 Å². The molecule has 2 saturated carbocycles. The molecule has 1 atom stereocenters. The Bertz CT molecular complexity index is 468. The summed E-state index contributed by atoms with van der Waals surface area (Å²) < 4.78 is 0.903. The Balaban J connectivity index is 1.78. The first-order valence-electron chi connectivity index (χ1n) is 7.36. The van der Waals surface area contributed by atoms with E-state index in [1.54, 1.807) is 0 Å². The summed E-state index contributed by atoms with van der Waals surface area (Å²) in [4.78, 5) is 9.19. The number of nitrogens with one attached hydrogen (secondary N) is 1. The third-order valence-electron chi connectivity index (χ3n) is 4.48. The molecule has 2 fully saturated rings. The third kappa shape index (κ3) is 3.10. The zero-order valence-electron chi connectivity index (χ0n) is 11.7. The molecule has 4 heteroatoms. The van der Waals surface area contributed by atoms with E-state index in [0.717, 1.165) is 16.2 Å². The van der Waals surface area contributed by atoms with Crippen LogP contribution in [0.2, 0.25) is 0 Å². The van der Waals surface area contributed by atoms with Gasteiger partial charge in [-0.15, -0.1) is 0 Å². The first-order valence-corrected chi connectivity index (χ1v) is 8.15. The highest BCUT2D eigenvalue weighted by Gasteiger charge is 2.33. The van der Waals surface area contributed by atoms with Gasteiger partial charge in [-0.1, -0.05) is 26.7 Å². The summed E-state index contributed by atoms with van der Waals surface area (Å²) in [5.74, 6) is 2.59. The minimum Gasteiger partial charge on any atom is -0.367 e. The van der Waals surface area contributed by atoms with Crippen LogP contribution < -0.4 is 5.32 Å².